The Morgan fingerprint density at radius 2 is 1.95 bits per heavy atom. The number of aromatic nitrogens is 1. The number of fused-ring (bicyclic) bond motifs is 1. The van der Waals surface area contributed by atoms with E-state index in [2.05, 4.69) is 4.98 Å². The molecule has 0 saturated carbocycles. The van der Waals surface area contributed by atoms with Crippen LogP contribution in [0.2, 0.25) is 0 Å². The molecule has 0 unspecified atom stereocenters. The summed E-state index contributed by atoms with van der Waals surface area (Å²) >= 11 is 2.76. The minimum absolute atomic E-state index is 0.0965. The maximum absolute atomic E-state index is 12.1. The number of carbonyl (C=O) groups is 1. The second kappa shape index (κ2) is 6.28. The molecule has 0 fully saturated rings. The highest BCUT2D eigenvalue weighted by atomic mass is 32.2. The molecule has 0 N–H and O–H groups in total. The summed E-state index contributed by atoms with van der Waals surface area (Å²) < 4.78 is 7.01. The van der Waals surface area contributed by atoms with Crippen molar-refractivity contribution in [2.45, 2.75) is 10.8 Å². The number of hydrogen-bond donors (Lipinski definition) is 0. The Labute approximate surface area is 131 Å². The standard InChI is InChI=1S/C16H13NO2S2/c1-19-12-8-6-11(7-9-12)10-15(18)21-16-17-13-4-2-3-5-14(13)20-16/h2-9H,10H2,1H3. The van der Waals surface area contributed by atoms with Gasteiger partial charge in [-0.25, -0.2) is 4.98 Å². The molecule has 0 aliphatic rings. The van der Waals surface area contributed by atoms with E-state index >= 15 is 0 Å². The minimum Gasteiger partial charge on any atom is -0.497 e. The number of nitrogens with zero attached hydrogens (tertiary/aromatic N) is 1. The van der Waals surface area contributed by atoms with Crippen molar-refractivity contribution in [1.82, 2.24) is 4.98 Å². The highest BCUT2D eigenvalue weighted by molar-refractivity contribution is 8.15. The maximum Gasteiger partial charge on any atom is 0.200 e. The molecule has 3 aromatic rings. The van der Waals surface area contributed by atoms with Crippen molar-refractivity contribution in [2.75, 3.05) is 7.11 Å². The summed E-state index contributed by atoms with van der Waals surface area (Å²) in [5.74, 6) is 0.796. The number of ether oxygens (including phenoxy) is 1. The number of thioether (sulfide) groups is 1. The molecule has 3 rings (SSSR count). The quantitative estimate of drug-likeness (QED) is 0.678. The van der Waals surface area contributed by atoms with Crippen molar-refractivity contribution in [3.63, 3.8) is 0 Å². The van der Waals surface area contributed by atoms with Crippen LogP contribution in [-0.2, 0) is 11.2 Å². The average molecular weight is 315 g/mol. The van der Waals surface area contributed by atoms with Gasteiger partial charge in [-0.05, 0) is 41.6 Å². The van der Waals surface area contributed by atoms with E-state index in [4.69, 9.17) is 4.74 Å². The highest BCUT2D eigenvalue weighted by Gasteiger charge is 2.10. The van der Waals surface area contributed by atoms with Crippen molar-refractivity contribution < 1.29 is 9.53 Å². The van der Waals surface area contributed by atoms with Crippen LogP contribution in [0.4, 0.5) is 0 Å². The van der Waals surface area contributed by atoms with E-state index in [1.165, 1.54) is 11.8 Å². The van der Waals surface area contributed by atoms with Crippen molar-refractivity contribution >= 4 is 38.4 Å². The summed E-state index contributed by atoms with van der Waals surface area (Å²) in [4.78, 5) is 16.6. The van der Waals surface area contributed by atoms with Crippen molar-refractivity contribution in [3.8, 4) is 5.75 Å². The van der Waals surface area contributed by atoms with Crippen LogP contribution in [0.25, 0.3) is 10.2 Å². The molecule has 0 aliphatic heterocycles. The van der Waals surface area contributed by atoms with Crippen molar-refractivity contribution in [2.24, 2.45) is 0 Å². The first-order valence-corrected chi connectivity index (χ1v) is 8.07. The Morgan fingerprint density at radius 3 is 2.67 bits per heavy atom. The maximum atomic E-state index is 12.1. The van der Waals surface area contributed by atoms with E-state index in [0.29, 0.717) is 6.42 Å². The smallest absolute Gasteiger partial charge is 0.200 e. The molecule has 0 spiro atoms. The molecule has 1 aromatic heterocycles. The second-order valence-corrected chi connectivity index (χ2v) is 6.78. The van der Waals surface area contributed by atoms with Crippen LogP contribution < -0.4 is 4.74 Å². The van der Waals surface area contributed by atoms with Gasteiger partial charge in [0.25, 0.3) is 0 Å². The molecule has 0 saturated heterocycles. The van der Waals surface area contributed by atoms with E-state index < -0.39 is 0 Å². The summed E-state index contributed by atoms with van der Waals surface area (Å²) in [7, 11) is 1.63. The molecule has 1 heterocycles. The molecule has 0 radical (unpaired) electrons. The lowest BCUT2D eigenvalue weighted by Crippen LogP contribution is -1.97. The van der Waals surface area contributed by atoms with E-state index in [0.717, 1.165) is 25.9 Å². The molecule has 21 heavy (non-hydrogen) atoms. The summed E-state index contributed by atoms with van der Waals surface area (Å²) in [5, 5.41) is 0.0965. The van der Waals surface area contributed by atoms with Gasteiger partial charge in [-0.2, -0.15) is 0 Å². The zero-order valence-corrected chi connectivity index (χ0v) is 13.0. The first-order valence-electron chi connectivity index (χ1n) is 6.44. The summed E-state index contributed by atoms with van der Waals surface area (Å²) in [6, 6.07) is 15.5. The summed E-state index contributed by atoms with van der Waals surface area (Å²) in [5.41, 5.74) is 1.93. The minimum atomic E-state index is 0.0965. The third-order valence-corrected chi connectivity index (χ3v) is 4.95. The molecular weight excluding hydrogens is 302 g/mol. The Bertz CT molecular complexity index is 732. The zero-order valence-electron chi connectivity index (χ0n) is 11.4. The Kier molecular flexibility index (Phi) is 4.22. The van der Waals surface area contributed by atoms with Crippen LogP contribution in [0.1, 0.15) is 5.56 Å². The number of para-hydroxylation sites is 1. The van der Waals surface area contributed by atoms with Gasteiger partial charge in [-0.15, -0.1) is 11.3 Å². The normalized spacial score (nSPS) is 10.7. The van der Waals surface area contributed by atoms with Gasteiger partial charge in [0, 0.05) is 6.42 Å². The van der Waals surface area contributed by atoms with Gasteiger partial charge in [0.2, 0.25) is 0 Å². The van der Waals surface area contributed by atoms with E-state index in [-0.39, 0.29) is 5.12 Å². The van der Waals surface area contributed by atoms with Crippen LogP contribution >= 0.6 is 23.1 Å². The Hall–Kier alpha value is -1.85. The molecule has 5 heteroatoms. The first-order chi connectivity index (χ1) is 10.2. The molecule has 106 valence electrons. The van der Waals surface area contributed by atoms with Crippen molar-refractivity contribution in [3.05, 3.63) is 54.1 Å². The molecule has 0 atom stereocenters. The van der Waals surface area contributed by atoms with Crippen molar-refractivity contribution in [1.29, 1.82) is 0 Å². The monoisotopic (exact) mass is 315 g/mol. The van der Waals surface area contributed by atoms with Crippen LogP contribution in [0.15, 0.2) is 52.9 Å². The molecular formula is C16H13NO2S2. The van der Waals surface area contributed by atoms with Crippen LogP contribution in [0.5, 0.6) is 5.75 Å². The largest absolute Gasteiger partial charge is 0.497 e. The van der Waals surface area contributed by atoms with E-state index in [1.807, 2.05) is 48.5 Å². The number of methoxy groups -OCH3 is 1. The van der Waals surface area contributed by atoms with Gasteiger partial charge in [-0.1, -0.05) is 24.3 Å². The van der Waals surface area contributed by atoms with Gasteiger partial charge < -0.3 is 4.74 Å². The fraction of sp³-hybridized carbons (Fsp3) is 0.125. The number of carbonyl (C=O) groups excluding carboxylic acids is 1. The Morgan fingerprint density at radius 1 is 1.19 bits per heavy atom. The zero-order chi connectivity index (χ0) is 14.7. The number of thiazole rings is 1. The molecule has 0 bridgehead atoms. The lowest BCUT2D eigenvalue weighted by Gasteiger charge is -2.02. The third-order valence-electron chi connectivity index (χ3n) is 2.98. The highest BCUT2D eigenvalue weighted by Crippen LogP contribution is 2.30. The topological polar surface area (TPSA) is 39.2 Å². The van der Waals surface area contributed by atoms with Crippen LogP contribution in [0, 0.1) is 0 Å². The molecule has 2 aromatic carbocycles. The van der Waals surface area contributed by atoms with E-state index in [1.54, 1.807) is 18.4 Å². The number of hydrogen-bond acceptors (Lipinski definition) is 5. The van der Waals surface area contributed by atoms with Crippen LogP contribution in [0.3, 0.4) is 0 Å². The third kappa shape index (κ3) is 3.43. The Balaban J connectivity index is 1.67. The predicted octanol–water partition coefficient (Wildman–Crippen LogP) is 4.17. The second-order valence-electron chi connectivity index (χ2n) is 4.45. The van der Waals surface area contributed by atoms with Gasteiger partial charge in [-0.3, -0.25) is 4.79 Å². The number of benzene rings is 2. The van der Waals surface area contributed by atoms with Crippen LogP contribution in [-0.4, -0.2) is 17.2 Å². The van der Waals surface area contributed by atoms with E-state index in [9.17, 15) is 4.79 Å². The summed E-state index contributed by atoms with van der Waals surface area (Å²) in [6.07, 6.45) is 0.393. The summed E-state index contributed by atoms with van der Waals surface area (Å²) in [6.45, 7) is 0. The molecule has 0 aliphatic carbocycles. The molecule has 0 amide bonds. The van der Waals surface area contributed by atoms with Gasteiger partial charge >= 0.3 is 0 Å². The average Bonchev–Trinajstić information content (AvgIpc) is 2.90. The first kappa shape index (κ1) is 14.1. The fourth-order valence-electron chi connectivity index (χ4n) is 1.94. The van der Waals surface area contributed by atoms with Gasteiger partial charge in [0.1, 0.15) is 5.75 Å². The number of rotatable bonds is 4. The lowest BCUT2D eigenvalue weighted by molar-refractivity contribution is -0.110. The SMILES string of the molecule is COc1ccc(CC(=O)Sc2nc3ccccc3s2)cc1. The molecule has 3 nitrogen and oxygen atoms in total. The fourth-order valence-corrected chi connectivity index (χ4v) is 3.93. The van der Waals surface area contributed by atoms with Gasteiger partial charge in [0.15, 0.2) is 9.45 Å². The lowest BCUT2D eigenvalue weighted by atomic mass is 10.2. The van der Waals surface area contributed by atoms with Gasteiger partial charge in [0.05, 0.1) is 17.3 Å². The predicted molar refractivity (Wildman–Crippen MR) is 87.2 cm³/mol.